The maximum Gasteiger partial charge on any atom is 0.261 e. The second-order valence-electron chi connectivity index (χ2n) is 6.39. The molecule has 2 aliphatic heterocycles. The van der Waals surface area contributed by atoms with Crippen LogP contribution in [0.2, 0.25) is 0 Å². The third kappa shape index (κ3) is 3.94. The predicted octanol–water partition coefficient (Wildman–Crippen LogP) is 0.215. The number of likely N-dealkylation sites (tertiary alicyclic amines) is 1. The Morgan fingerprint density at radius 3 is 2.15 bits per heavy atom. The molecule has 9 heteroatoms. The molecule has 2 aliphatic rings. The highest BCUT2D eigenvalue weighted by atomic mass is 32.2. The van der Waals surface area contributed by atoms with Crippen molar-refractivity contribution in [3.8, 4) is 0 Å². The van der Waals surface area contributed by atoms with Gasteiger partial charge in [-0.25, -0.2) is 13.1 Å². The van der Waals surface area contributed by atoms with Gasteiger partial charge in [0, 0.05) is 19.6 Å². The summed E-state index contributed by atoms with van der Waals surface area (Å²) in [5.41, 5.74) is 0.561. The summed E-state index contributed by atoms with van der Waals surface area (Å²) in [6, 6.07) is 6.38. The topological polar surface area (TPSA) is 104 Å². The summed E-state index contributed by atoms with van der Waals surface area (Å²) in [6.07, 6.45) is 2.94. The van der Waals surface area contributed by atoms with E-state index in [9.17, 15) is 22.8 Å². The third-order valence-corrected chi connectivity index (χ3v) is 5.92. The molecule has 1 N–H and O–H groups in total. The van der Waals surface area contributed by atoms with Gasteiger partial charge in [-0.3, -0.25) is 19.3 Å². The molecule has 0 spiro atoms. The zero-order valence-electron chi connectivity index (χ0n) is 14.3. The summed E-state index contributed by atoms with van der Waals surface area (Å²) in [5.74, 6) is -1.68. The molecule has 0 saturated carbocycles. The van der Waals surface area contributed by atoms with Crippen molar-refractivity contribution in [1.29, 1.82) is 0 Å². The fraction of sp³-hybridized carbons (Fsp3) is 0.471. The monoisotopic (exact) mass is 379 g/mol. The second-order valence-corrected chi connectivity index (χ2v) is 8.32. The molecule has 140 valence electrons. The van der Waals surface area contributed by atoms with Crippen LogP contribution in [-0.2, 0) is 14.8 Å². The van der Waals surface area contributed by atoms with Crippen molar-refractivity contribution < 1.29 is 22.8 Å². The van der Waals surface area contributed by atoms with Gasteiger partial charge in [0.1, 0.15) is 0 Å². The molecule has 26 heavy (non-hydrogen) atoms. The molecule has 3 rings (SSSR count). The van der Waals surface area contributed by atoms with Crippen molar-refractivity contribution in [2.24, 2.45) is 0 Å². The first-order chi connectivity index (χ1) is 12.4. The first kappa shape index (κ1) is 18.5. The molecule has 0 atom stereocenters. The molecule has 0 aromatic heterocycles. The highest BCUT2D eigenvalue weighted by molar-refractivity contribution is 7.89. The van der Waals surface area contributed by atoms with Crippen LogP contribution in [0.15, 0.2) is 24.3 Å². The number of amides is 3. The van der Waals surface area contributed by atoms with E-state index in [1.165, 1.54) is 0 Å². The number of hydrogen-bond acceptors (Lipinski definition) is 5. The van der Waals surface area contributed by atoms with Gasteiger partial charge in [-0.15, -0.1) is 0 Å². The number of carbonyl (C=O) groups excluding carboxylic acids is 3. The minimum absolute atomic E-state index is 0.250. The largest absolute Gasteiger partial charge is 0.342 e. The van der Waals surface area contributed by atoms with E-state index in [-0.39, 0.29) is 30.1 Å². The second kappa shape index (κ2) is 7.55. The quantitative estimate of drug-likeness (QED) is 0.712. The number of nitrogens with one attached hydrogen (secondary N) is 1. The summed E-state index contributed by atoms with van der Waals surface area (Å²) in [6.45, 7) is 0.745. The summed E-state index contributed by atoms with van der Waals surface area (Å²) < 4.78 is 26.5. The number of sulfonamides is 1. The molecule has 2 heterocycles. The summed E-state index contributed by atoms with van der Waals surface area (Å²) >= 11 is 0. The fourth-order valence-corrected chi connectivity index (χ4v) is 4.06. The zero-order valence-corrected chi connectivity index (χ0v) is 15.1. The number of hydrogen-bond donors (Lipinski definition) is 1. The van der Waals surface area contributed by atoms with Crippen LogP contribution >= 0.6 is 0 Å². The van der Waals surface area contributed by atoms with E-state index in [2.05, 4.69) is 4.72 Å². The molecule has 0 bridgehead atoms. The molecule has 0 radical (unpaired) electrons. The number of piperidine rings is 1. The molecule has 1 fully saturated rings. The minimum Gasteiger partial charge on any atom is -0.342 e. The average Bonchev–Trinajstić information content (AvgIpc) is 2.90. The average molecular weight is 379 g/mol. The summed E-state index contributed by atoms with van der Waals surface area (Å²) in [4.78, 5) is 39.1. The van der Waals surface area contributed by atoms with E-state index in [4.69, 9.17) is 0 Å². The van der Waals surface area contributed by atoms with E-state index < -0.39 is 27.6 Å². The van der Waals surface area contributed by atoms with Crippen molar-refractivity contribution >= 4 is 27.7 Å². The zero-order chi connectivity index (χ0) is 18.7. The normalized spacial score (nSPS) is 17.5. The highest BCUT2D eigenvalue weighted by Crippen LogP contribution is 2.22. The summed E-state index contributed by atoms with van der Waals surface area (Å²) in [5, 5.41) is 0. The van der Waals surface area contributed by atoms with Crippen LogP contribution in [0.5, 0.6) is 0 Å². The van der Waals surface area contributed by atoms with Crippen molar-refractivity contribution in [3.63, 3.8) is 0 Å². The maximum absolute atomic E-state index is 12.2. The lowest BCUT2D eigenvalue weighted by Gasteiger charge is -2.26. The van der Waals surface area contributed by atoms with Crippen LogP contribution in [0.1, 0.15) is 40.0 Å². The number of benzene rings is 1. The van der Waals surface area contributed by atoms with Crippen LogP contribution in [0.25, 0.3) is 0 Å². The number of imide groups is 1. The van der Waals surface area contributed by atoms with E-state index in [1.54, 1.807) is 29.2 Å². The molecule has 1 saturated heterocycles. The van der Waals surface area contributed by atoms with Crippen molar-refractivity contribution in [2.45, 2.75) is 19.3 Å². The Bertz CT molecular complexity index is 796. The number of nitrogens with zero attached hydrogens (tertiary/aromatic N) is 2. The standard InChI is InChI=1S/C17H21N3O5S/c21-15(19-8-4-1-5-9-19)12-18-26(24,25)11-10-20-16(22)13-6-2-3-7-14(13)17(20)23/h2-3,6-7,18H,1,4-5,8-12H2. The molecule has 3 amide bonds. The molecule has 1 aromatic rings. The van der Waals surface area contributed by atoms with Gasteiger partial charge in [0.15, 0.2) is 0 Å². The van der Waals surface area contributed by atoms with Crippen LogP contribution < -0.4 is 4.72 Å². The van der Waals surface area contributed by atoms with E-state index in [0.29, 0.717) is 13.1 Å². The summed E-state index contributed by atoms with van der Waals surface area (Å²) in [7, 11) is -3.78. The van der Waals surface area contributed by atoms with Gasteiger partial charge in [0.2, 0.25) is 15.9 Å². The number of fused-ring (bicyclic) bond motifs is 1. The Morgan fingerprint density at radius 2 is 1.58 bits per heavy atom. The molecule has 0 aliphatic carbocycles. The van der Waals surface area contributed by atoms with Crippen LogP contribution in [0.4, 0.5) is 0 Å². The van der Waals surface area contributed by atoms with Crippen molar-refractivity contribution in [2.75, 3.05) is 31.9 Å². The Balaban J connectivity index is 1.53. The Kier molecular flexibility index (Phi) is 5.38. The van der Waals surface area contributed by atoms with Crippen LogP contribution in [0, 0.1) is 0 Å². The lowest BCUT2D eigenvalue weighted by molar-refractivity contribution is -0.130. The molecular formula is C17H21N3O5S. The van der Waals surface area contributed by atoms with Crippen molar-refractivity contribution in [3.05, 3.63) is 35.4 Å². The van der Waals surface area contributed by atoms with E-state index in [1.807, 2.05) is 0 Å². The molecule has 8 nitrogen and oxygen atoms in total. The minimum atomic E-state index is -3.78. The maximum atomic E-state index is 12.2. The van der Waals surface area contributed by atoms with Crippen LogP contribution in [-0.4, -0.2) is 67.9 Å². The van der Waals surface area contributed by atoms with Gasteiger partial charge in [-0.05, 0) is 31.4 Å². The fourth-order valence-electron chi connectivity index (χ4n) is 3.15. The van der Waals surface area contributed by atoms with Gasteiger partial charge in [-0.1, -0.05) is 12.1 Å². The Hall–Kier alpha value is -2.26. The van der Waals surface area contributed by atoms with E-state index >= 15 is 0 Å². The van der Waals surface area contributed by atoms with Gasteiger partial charge in [-0.2, -0.15) is 0 Å². The number of rotatable bonds is 6. The van der Waals surface area contributed by atoms with Crippen LogP contribution in [0.3, 0.4) is 0 Å². The highest BCUT2D eigenvalue weighted by Gasteiger charge is 2.35. The third-order valence-electron chi connectivity index (χ3n) is 4.61. The molecule has 0 unspecified atom stereocenters. The lowest BCUT2D eigenvalue weighted by Crippen LogP contribution is -2.44. The lowest BCUT2D eigenvalue weighted by atomic mass is 10.1. The van der Waals surface area contributed by atoms with Gasteiger partial charge in [0.05, 0.1) is 23.4 Å². The molecule has 1 aromatic carbocycles. The Labute approximate surface area is 152 Å². The smallest absolute Gasteiger partial charge is 0.261 e. The Morgan fingerprint density at radius 1 is 1.00 bits per heavy atom. The SMILES string of the molecule is O=C(CNS(=O)(=O)CCN1C(=O)c2ccccc2C1=O)N1CCCCC1. The number of carbonyl (C=O) groups is 3. The van der Waals surface area contributed by atoms with E-state index in [0.717, 1.165) is 24.2 Å². The molecular weight excluding hydrogens is 358 g/mol. The first-order valence-corrected chi connectivity index (χ1v) is 10.2. The predicted molar refractivity (Wildman–Crippen MR) is 94.0 cm³/mol. The van der Waals surface area contributed by atoms with Crippen molar-refractivity contribution in [1.82, 2.24) is 14.5 Å². The first-order valence-electron chi connectivity index (χ1n) is 8.59. The van der Waals surface area contributed by atoms with Gasteiger partial charge < -0.3 is 4.90 Å². The van der Waals surface area contributed by atoms with Gasteiger partial charge in [0.25, 0.3) is 11.8 Å². The van der Waals surface area contributed by atoms with Gasteiger partial charge >= 0.3 is 0 Å².